The van der Waals surface area contributed by atoms with Gasteiger partial charge in [0.2, 0.25) is 5.91 Å². The van der Waals surface area contributed by atoms with Gasteiger partial charge in [-0.05, 0) is 42.8 Å². The number of nitrogens with zero attached hydrogens (tertiary/aromatic N) is 2. The van der Waals surface area contributed by atoms with Crippen LogP contribution < -0.4 is 15.2 Å². The number of rotatable bonds is 5. The lowest BCUT2D eigenvalue weighted by molar-refractivity contribution is -0.117. The highest BCUT2D eigenvalue weighted by Crippen LogP contribution is 2.22. The van der Waals surface area contributed by atoms with Gasteiger partial charge >= 0.3 is 0 Å². The van der Waals surface area contributed by atoms with E-state index in [1.165, 1.54) is 12.1 Å². The molecule has 0 radical (unpaired) electrons. The van der Waals surface area contributed by atoms with E-state index in [1.807, 2.05) is 0 Å². The van der Waals surface area contributed by atoms with E-state index in [1.54, 1.807) is 47.0 Å². The SMILES string of the molecule is Cn1cccc1C(=O)NNS(=O)(=O)c1ccc(N2CCCC2=O)cc1. The maximum absolute atomic E-state index is 12.3. The summed E-state index contributed by atoms with van der Waals surface area (Å²) in [6.07, 6.45) is 2.99. The van der Waals surface area contributed by atoms with Gasteiger partial charge in [0.05, 0.1) is 4.90 Å². The van der Waals surface area contributed by atoms with Gasteiger partial charge in [0, 0.05) is 31.9 Å². The van der Waals surface area contributed by atoms with E-state index in [2.05, 4.69) is 10.3 Å². The normalized spacial score (nSPS) is 14.8. The quantitative estimate of drug-likeness (QED) is 0.768. The van der Waals surface area contributed by atoms with Gasteiger partial charge in [-0.25, -0.2) is 8.42 Å². The molecule has 0 aliphatic carbocycles. The minimum Gasteiger partial charge on any atom is -0.347 e. The van der Waals surface area contributed by atoms with Crippen LogP contribution in [0.25, 0.3) is 0 Å². The molecule has 2 amide bonds. The number of hydrogen-bond acceptors (Lipinski definition) is 4. The number of anilines is 1. The van der Waals surface area contributed by atoms with Crippen molar-refractivity contribution in [1.82, 2.24) is 14.8 Å². The second-order valence-electron chi connectivity index (χ2n) is 5.71. The molecule has 1 saturated heterocycles. The Labute approximate surface area is 145 Å². The average molecular weight is 362 g/mol. The number of hydrazine groups is 1. The van der Waals surface area contributed by atoms with Crippen LogP contribution in [0.15, 0.2) is 47.5 Å². The molecule has 2 aromatic rings. The highest BCUT2D eigenvalue weighted by Gasteiger charge is 2.22. The van der Waals surface area contributed by atoms with E-state index >= 15 is 0 Å². The van der Waals surface area contributed by atoms with Crippen molar-refractivity contribution in [2.75, 3.05) is 11.4 Å². The number of benzene rings is 1. The minimum atomic E-state index is -3.91. The van der Waals surface area contributed by atoms with E-state index < -0.39 is 15.9 Å². The molecular formula is C16H18N4O4S. The van der Waals surface area contributed by atoms with Crippen molar-refractivity contribution >= 4 is 27.5 Å². The Bertz CT molecular complexity index is 902. The molecule has 2 heterocycles. The lowest BCUT2D eigenvalue weighted by Gasteiger charge is -2.16. The van der Waals surface area contributed by atoms with Gasteiger partial charge in [0.1, 0.15) is 5.69 Å². The van der Waals surface area contributed by atoms with Crippen LogP contribution in [0, 0.1) is 0 Å². The van der Waals surface area contributed by atoms with Crippen molar-refractivity contribution in [3.63, 3.8) is 0 Å². The number of aryl methyl sites for hydroxylation is 1. The number of aromatic nitrogens is 1. The third-order valence-electron chi connectivity index (χ3n) is 4.01. The molecule has 1 aliphatic heterocycles. The molecule has 132 valence electrons. The molecule has 1 aromatic carbocycles. The average Bonchev–Trinajstić information content (AvgIpc) is 3.21. The van der Waals surface area contributed by atoms with Crippen LogP contribution >= 0.6 is 0 Å². The summed E-state index contributed by atoms with van der Waals surface area (Å²) in [6.45, 7) is 0.635. The molecule has 0 atom stereocenters. The van der Waals surface area contributed by atoms with Gasteiger partial charge in [-0.15, -0.1) is 4.83 Å². The summed E-state index contributed by atoms with van der Waals surface area (Å²) in [4.78, 5) is 27.4. The minimum absolute atomic E-state index is 0.00456. The van der Waals surface area contributed by atoms with Crippen molar-refractivity contribution in [1.29, 1.82) is 0 Å². The van der Waals surface area contributed by atoms with Crippen LogP contribution in [0.3, 0.4) is 0 Å². The number of hydrogen-bond donors (Lipinski definition) is 2. The van der Waals surface area contributed by atoms with Crippen LogP contribution in [-0.4, -0.2) is 31.3 Å². The third kappa shape index (κ3) is 3.57. The molecule has 0 unspecified atom stereocenters. The Kier molecular flexibility index (Phi) is 4.60. The smallest absolute Gasteiger partial charge is 0.282 e. The zero-order valence-electron chi connectivity index (χ0n) is 13.6. The van der Waals surface area contributed by atoms with Crippen molar-refractivity contribution in [2.45, 2.75) is 17.7 Å². The molecule has 1 fully saturated rings. The van der Waals surface area contributed by atoms with Gasteiger partial charge in [-0.1, -0.05) is 0 Å². The molecule has 0 spiro atoms. The van der Waals surface area contributed by atoms with Crippen LogP contribution in [0.2, 0.25) is 0 Å². The summed E-state index contributed by atoms with van der Waals surface area (Å²) >= 11 is 0. The largest absolute Gasteiger partial charge is 0.347 e. The number of sulfonamides is 1. The zero-order chi connectivity index (χ0) is 18.0. The molecule has 1 aliphatic rings. The van der Waals surface area contributed by atoms with Crippen molar-refractivity contribution in [3.8, 4) is 0 Å². The topological polar surface area (TPSA) is 101 Å². The highest BCUT2D eigenvalue weighted by atomic mass is 32.2. The van der Waals surface area contributed by atoms with Gasteiger partial charge in [0.25, 0.3) is 15.9 Å². The van der Waals surface area contributed by atoms with Crippen LogP contribution in [0.1, 0.15) is 23.3 Å². The summed E-state index contributed by atoms with van der Waals surface area (Å²) in [7, 11) is -2.23. The van der Waals surface area contributed by atoms with Crippen LogP contribution in [0.5, 0.6) is 0 Å². The van der Waals surface area contributed by atoms with Crippen LogP contribution in [-0.2, 0) is 21.9 Å². The fourth-order valence-corrected chi connectivity index (χ4v) is 3.50. The first-order valence-corrected chi connectivity index (χ1v) is 9.21. The molecule has 2 N–H and O–H groups in total. The van der Waals surface area contributed by atoms with Crippen molar-refractivity contribution in [3.05, 3.63) is 48.3 Å². The Hall–Kier alpha value is -2.65. The summed E-state index contributed by atoms with van der Waals surface area (Å²) in [6, 6.07) is 9.22. The number of amides is 2. The number of carbonyl (C=O) groups excluding carboxylic acids is 2. The molecule has 25 heavy (non-hydrogen) atoms. The third-order valence-corrected chi connectivity index (χ3v) is 5.27. The van der Waals surface area contributed by atoms with Gasteiger partial charge in [-0.2, -0.15) is 0 Å². The van der Waals surface area contributed by atoms with Gasteiger partial charge in [-0.3, -0.25) is 15.0 Å². The van der Waals surface area contributed by atoms with E-state index in [0.717, 1.165) is 6.42 Å². The van der Waals surface area contributed by atoms with Gasteiger partial charge in [0.15, 0.2) is 0 Å². The fourth-order valence-electron chi connectivity index (χ4n) is 2.66. The van der Waals surface area contributed by atoms with Crippen molar-refractivity contribution in [2.24, 2.45) is 7.05 Å². The fraction of sp³-hybridized carbons (Fsp3) is 0.250. The lowest BCUT2D eigenvalue weighted by Crippen LogP contribution is -2.42. The molecular weight excluding hydrogens is 344 g/mol. The second kappa shape index (κ2) is 6.69. The Balaban J connectivity index is 1.69. The molecule has 0 saturated carbocycles. The first-order chi connectivity index (χ1) is 11.9. The summed E-state index contributed by atoms with van der Waals surface area (Å²) < 4.78 is 26.1. The summed E-state index contributed by atoms with van der Waals surface area (Å²) in [5.41, 5.74) is 3.17. The van der Waals surface area contributed by atoms with E-state index in [-0.39, 0.29) is 10.8 Å². The zero-order valence-corrected chi connectivity index (χ0v) is 14.4. The Morgan fingerprint density at radius 1 is 1.16 bits per heavy atom. The Morgan fingerprint density at radius 2 is 1.88 bits per heavy atom. The standard InChI is InChI=1S/C16H18N4O4S/c1-19-10-2-4-14(19)16(22)17-18-25(23,24)13-8-6-12(7-9-13)20-11-3-5-15(20)21/h2,4,6-10,18H,3,5,11H2,1H3,(H,17,22). The molecule has 3 rings (SSSR count). The summed E-state index contributed by atoms with van der Waals surface area (Å²) in [5.74, 6) is -0.529. The number of nitrogens with one attached hydrogen (secondary N) is 2. The molecule has 1 aromatic heterocycles. The predicted molar refractivity (Wildman–Crippen MR) is 91.2 cm³/mol. The van der Waals surface area contributed by atoms with Gasteiger partial charge < -0.3 is 9.47 Å². The van der Waals surface area contributed by atoms with E-state index in [0.29, 0.717) is 24.3 Å². The molecule has 9 heteroatoms. The van der Waals surface area contributed by atoms with Crippen LogP contribution in [0.4, 0.5) is 5.69 Å². The summed E-state index contributed by atoms with van der Waals surface area (Å²) in [5, 5.41) is 0. The lowest BCUT2D eigenvalue weighted by atomic mass is 10.3. The first kappa shape index (κ1) is 17.2. The predicted octanol–water partition coefficient (Wildman–Crippen LogP) is 0.775. The van der Waals surface area contributed by atoms with E-state index in [4.69, 9.17) is 0 Å². The first-order valence-electron chi connectivity index (χ1n) is 7.72. The number of carbonyl (C=O) groups is 2. The maximum Gasteiger partial charge on any atom is 0.282 e. The second-order valence-corrected chi connectivity index (χ2v) is 7.39. The van der Waals surface area contributed by atoms with Crippen molar-refractivity contribution < 1.29 is 18.0 Å². The Morgan fingerprint density at radius 3 is 2.44 bits per heavy atom. The highest BCUT2D eigenvalue weighted by molar-refractivity contribution is 7.89. The molecule has 0 bridgehead atoms. The molecule has 8 nitrogen and oxygen atoms in total. The van der Waals surface area contributed by atoms with E-state index in [9.17, 15) is 18.0 Å². The maximum atomic E-state index is 12.3. The monoisotopic (exact) mass is 362 g/mol.